The number of nitrogens with zero attached hydrogens (tertiary/aromatic N) is 2. The van der Waals surface area contributed by atoms with Crippen LogP contribution in [0.5, 0.6) is 0 Å². The molecular formula is C18H26Cl2N4OS2. The Labute approximate surface area is 181 Å². The van der Waals surface area contributed by atoms with Crippen LogP contribution >= 0.6 is 47.9 Å². The van der Waals surface area contributed by atoms with E-state index in [-0.39, 0.29) is 30.7 Å². The zero-order valence-corrected chi connectivity index (χ0v) is 18.5. The van der Waals surface area contributed by atoms with Gasteiger partial charge in [-0.25, -0.2) is 4.98 Å². The number of nitrogens with one attached hydrogen (secondary N) is 1. The molecule has 0 unspecified atom stereocenters. The monoisotopic (exact) mass is 448 g/mol. The molecule has 1 amide bonds. The Hall–Kier alpha value is -0.830. The van der Waals surface area contributed by atoms with Crippen LogP contribution in [-0.4, -0.2) is 46.9 Å². The third-order valence-electron chi connectivity index (χ3n) is 4.19. The van der Waals surface area contributed by atoms with Crippen LogP contribution in [0.15, 0.2) is 23.6 Å². The smallest absolute Gasteiger partial charge is 0.275 e. The number of aryl methyl sites for hydroxylation is 1. The molecule has 1 aromatic carbocycles. The number of rotatable bonds is 6. The third kappa shape index (κ3) is 6.93. The van der Waals surface area contributed by atoms with Gasteiger partial charge in [-0.2, -0.15) is 11.8 Å². The summed E-state index contributed by atoms with van der Waals surface area (Å²) in [5, 5.41) is 5.66. The molecular weight excluding hydrogens is 423 g/mol. The van der Waals surface area contributed by atoms with E-state index >= 15 is 0 Å². The molecule has 2 heterocycles. The fourth-order valence-electron chi connectivity index (χ4n) is 2.82. The number of anilines is 1. The predicted molar refractivity (Wildman–Crippen MR) is 121 cm³/mol. The van der Waals surface area contributed by atoms with Crippen molar-refractivity contribution in [2.75, 3.05) is 36.5 Å². The number of amides is 1. The van der Waals surface area contributed by atoms with Gasteiger partial charge in [0.2, 0.25) is 0 Å². The number of aromatic nitrogens is 1. The molecule has 1 aliphatic heterocycles. The molecule has 1 aromatic heterocycles. The van der Waals surface area contributed by atoms with Gasteiger partial charge in [-0.3, -0.25) is 9.69 Å². The number of thiazole rings is 1. The van der Waals surface area contributed by atoms with Gasteiger partial charge in [-0.1, -0.05) is 12.1 Å². The highest BCUT2D eigenvalue weighted by atomic mass is 35.5. The van der Waals surface area contributed by atoms with Crippen LogP contribution in [0, 0.1) is 6.92 Å². The van der Waals surface area contributed by atoms with Gasteiger partial charge >= 0.3 is 0 Å². The maximum Gasteiger partial charge on any atom is 0.275 e. The molecule has 2 aromatic rings. The van der Waals surface area contributed by atoms with Crippen molar-refractivity contribution in [3.8, 4) is 0 Å². The van der Waals surface area contributed by atoms with Crippen molar-refractivity contribution in [1.29, 1.82) is 0 Å². The molecule has 0 radical (unpaired) electrons. The fraction of sp³-hybridized carbons (Fsp3) is 0.444. The van der Waals surface area contributed by atoms with Crippen LogP contribution in [0.25, 0.3) is 0 Å². The lowest BCUT2D eigenvalue weighted by atomic mass is 10.1. The summed E-state index contributed by atoms with van der Waals surface area (Å²) < 4.78 is 0. The number of hydrogen-bond acceptors (Lipinski definition) is 6. The second-order valence-corrected chi connectivity index (χ2v) is 8.32. The summed E-state index contributed by atoms with van der Waals surface area (Å²) in [7, 11) is 0. The average molecular weight is 449 g/mol. The number of thioether (sulfide) groups is 1. The molecule has 3 N–H and O–H groups in total. The molecule has 3 rings (SSSR count). The van der Waals surface area contributed by atoms with E-state index in [0.717, 1.165) is 35.9 Å². The number of hydrogen-bond donors (Lipinski definition) is 2. The summed E-state index contributed by atoms with van der Waals surface area (Å²) in [6, 6.07) is 6.26. The summed E-state index contributed by atoms with van der Waals surface area (Å²) in [6.45, 7) is 5.86. The number of benzene rings is 1. The van der Waals surface area contributed by atoms with Crippen molar-refractivity contribution >= 4 is 59.5 Å². The van der Waals surface area contributed by atoms with Gasteiger partial charge in [0.1, 0.15) is 5.69 Å². The van der Waals surface area contributed by atoms with Crippen molar-refractivity contribution in [2.45, 2.75) is 19.9 Å². The van der Waals surface area contributed by atoms with E-state index in [9.17, 15) is 4.79 Å². The van der Waals surface area contributed by atoms with Gasteiger partial charge in [0.15, 0.2) is 0 Å². The SMILES string of the molecule is Cc1cc(CN2CCSCC2)ccc1NC(=O)c1csc(CCN)n1.Cl.Cl. The fourth-order valence-corrected chi connectivity index (χ4v) is 4.59. The van der Waals surface area contributed by atoms with E-state index in [2.05, 4.69) is 27.3 Å². The van der Waals surface area contributed by atoms with Crippen molar-refractivity contribution in [2.24, 2.45) is 5.73 Å². The summed E-state index contributed by atoms with van der Waals surface area (Å²) >= 11 is 3.50. The first-order chi connectivity index (χ1) is 12.2. The molecule has 150 valence electrons. The van der Waals surface area contributed by atoms with Crippen LogP contribution in [0.4, 0.5) is 5.69 Å². The summed E-state index contributed by atoms with van der Waals surface area (Å²) in [4.78, 5) is 19.2. The van der Waals surface area contributed by atoms with Gasteiger partial charge in [0.05, 0.1) is 5.01 Å². The van der Waals surface area contributed by atoms with Gasteiger partial charge in [-0.05, 0) is 30.7 Å². The Balaban J connectivity index is 0.00000182. The Kier molecular flexibility index (Phi) is 10.7. The third-order valence-corrected chi connectivity index (χ3v) is 6.04. The Morgan fingerprint density at radius 2 is 2.04 bits per heavy atom. The van der Waals surface area contributed by atoms with Crippen molar-refractivity contribution in [3.05, 3.63) is 45.4 Å². The van der Waals surface area contributed by atoms with Crippen LogP contribution in [0.1, 0.15) is 26.6 Å². The zero-order valence-electron chi connectivity index (χ0n) is 15.3. The molecule has 5 nitrogen and oxygen atoms in total. The van der Waals surface area contributed by atoms with E-state index in [0.29, 0.717) is 18.7 Å². The van der Waals surface area contributed by atoms with E-state index in [1.165, 1.54) is 28.4 Å². The molecule has 27 heavy (non-hydrogen) atoms. The molecule has 0 spiro atoms. The predicted octanol–water partition coefficient (Wildman–Crippen LogP) is 3.60. The van der Waals surface area contributed by atoms with Crippen molar-refractivity contribution in [1.82, 2.24) is 9.88 Å². The van der Waals surface area contributed by atoms with Gasteiger partial charge in [0, 0.05) is 48.6 Å². The average Bonchev–Trinajstić information content (AvgIpc) is 3.07. The van der Waals surface area contributed by atoms with Crippen LogP contribution in [-0.2, 0) is 13.0 Å². The first-order valence-corrected chi connectivity index (χ1v) is 10.5. The van der Waals surface area contributed by atoms with Crippen molar-refractivity contribution < 1.29 is 4.79 Å². The maximum absolute atomic E-state index is 12.4. The minimum atomic E-state index is -0.163. The minimum Gasteiger partial charge on any atom is -0.330 e. The standard InChI is InChI=1S/C18H24N4OS2.2ClH/c1-13-10-14(11-22-6-8-24-9-7-22)2-3-15(13)21-18(23)16-12-25-17(20-16)4-5-19;;/h2-3,10,12H,4-9,11,19H2,1H3,(H,21,23);2*1H. The molecule has 1 saturated heterocycles. The van der Waals surface area contributed by atoms with Crippen LogP contribution in [0.3, 0.4) is 0 Å². The highest BCUT2D eigenvalue weighted by Crippen LogP contribution is 2.20. The first kappa shape index (κ1) is 24.2. The lowest BCUT2D eigenvalue weighted by molar-refractivity contribution is 0.102. The summed E-state index contributed by atoms with van der Waals surface area (Å²) in [5.74, 6) is 2.27. The second kappa shape index (κ2) is 11.9. The maximum atomic E-state index is 12.4. The highest BCUT2D eigenvalue weighted by molar-refractivity contribution is 7.99. The van der Waals surface area contributed by atoms with E-state index in [1.807, 2.05) is 24.8 Å². The topological polar surface area (TPSA) is 71.2 Å². The normalized spacial score (nSPS) is 14.1. The Morgan fingerprint density at radius 1 is 1.30 bits per heavy atom. The Bertz CT molecular complexity index is 736. The number of carbonyl (C=O) groups excluding carboxylic acids is 1. The number of halogens is 2. The zero-order chi connectivity index (χ0) is 17.6. The molecule has 9 heteroatoms. The van der Waals surface area contributed by atoms with Crippen molar-refractivity contribution in [3.63, 3.8) is 0 Å². The molecule has 0 aliphatic carbocycles. The molecule has 1 aliphatic rings. The first-order valence-electron chi connectivity index (χ1n) is 8.51. The molecule has 0 saturated carbocycles. The van der Waals surface area contributed by atoms with Gasteiger partial charge in [-0.15, -0.1) is 36.2 Å². The Morgan fingerprint density at radius 3 is 2.70 bits per heavy atom. The highest BCUT2D eigenvalue weighted by Gasteiger charge is 2.14. The van der Waals surface area contributed by atoms with Crippen LogP contribution < -0.4 is 11.1 Å². The minimum absolute atomic E-state index is 0. The molecule has 0 atom stereocenters. The molecule has 1 fully saturated rings. The number of nitrogens with two attached hydrogens (primary N) is 1. The van der Waals surface area contributed by atoms with E-state index < -0.39 is 0 Å². The summed E-state index contributed by atoms with van der Waals surface area (Å²) in [6.07, 6.45) is 0.709. The van der Waals surface area contributed by atoms with Gasteiger partial charge < -0.3 is 11.1 Å². The lowest BCUT2D eigenvalue weighted by Gasteiger charge is -2.26. The van der Waals surface area contributed by atoms with E-state index in [4.69, 9.17) is 5.73 Å². The molecule has 0 bridgehead atoms. The largest absolute Gasteiger partial charge is 0.330 e. The quantitative estimate of drug-likeness (QED) is 0.705. The van der Waals surface area contributed by atoms with E-state index in [1.54, 1.807) is 5.38 Å². The van der Waals surface area contributed by atoms with Gasteiger partial charge in [0.25, 0.3) is 5.91 Å². The second-order valence-electron chi connectivity index (χ2n) is 6.16. The van der Waals surface area contributed by atoms with Crippen LogP contribution in [0.2, 0.25) is 0 Å². The number of carbonyl (C=O) groups is 1. The summed E-state index contributed by atoms with van der Waals surface area (Å²) in [5.41, 5.74) is 9.21. The lowest BCUT2D eigenvalue weighted by Crippen LogP contribution is -2.31.